The number of ether oxygens (including phenoxy) is 5. The van der Waals surface area contributed by atoms with Crippen LogP contribution in [0.25, 0.3) is 10.4 Å². The number of amides is 1. The Labute approximate surface area is 182 Å². The van der Waals surface area contributed by atoms with Gasteiger partial charge in [0.05, 0.1) is 31.4 Å². The van der Waals surface area contributed by atoms with Gasteiger partial charge in [-0.3, -0.25) is 4.79 Å². The maximum atomic E-state index is 12.3. The Hall–Kier alpha value is -1.91. The van der Waals surface area contributed by atoms with Crippen molar-refractivity contribution in [1.82, 2.24) is 5.32 Å². The van der Waals surface area contributed by atoms with Crippen molar-refractivity contribution in [3.63, 3.8) is 0 Å². The van der Waals surface area contributed by atoms with E-state index in [1.807, 2.05) is 0 Å². The maximum Gasteiger partial charge on any atom is 0.332 e. The SMILES string of the molecule is CC(C)(C)OC(=O)COC[C@H]1OCCC[C@H]1NC(=O)COC[C@H]1OCCC[C@H]1N=[N+]=[N-]. The third-order valence-corrected chi connectivity index (χ3v) is 4.83. The van der Waals surface area contributed by atoms with Crippen LogP contribution in [0.1, 0.15) is 46.5 Å². The van der Waals surface area contributed by atoms with Crippen LogP contribution in [0, 0.1) is 0 Å². The molecule has 0 saturated carbocycles. The summed E-state index contributed by atoms with van der Waals surface area (Å²) < 4.78 is 27.5. The molecule has 176 valence electrons. The molecular weight excluding hydrogens is 408 g/mol. The zero-order valence-corrected chi connectivity index (χ0v) is 18.6. The molecule has 0 spiro atoms. The van der Waals surface area contributed by atoms with Crippen LogP contribution < -0.4 is 5.32 Å². The first-order valence-electron chi connectivity index (χ1n) is 10.7. The first-order chi connectivity index (χ1) is 14.8. The molecule has 2 saturated heterocycles. The van der Waals surface area contributed by atoms with Crippen molar-refractivity contribution in [2.45, 2.75) is 76.3 Å². The van der Waals surface area contributed by atoms with E-state index < -0.39 is 11.6 Å². The van der Waals surface area contributed by atoms with E-state index in [9.17, 15) is 9.59 Å². The molecule has 11 heteroatoms. The summed E-state index contributed by atoms with van der Waals surface area (Å²) in [5, 5.41) is 6.65. The van der Waals surface area contributed by atoms with Crippen molar-refractivity contribution >= 4 is 11.9 Å². The molecule has 2 fully saturated rings. The smallest absolute Gasteiger partial charge is 0.332 e. The third kappa shape index (κ3) is 9.84. The molecule has 31 heavy (non-hydrogen) atoms. The van der Waals surface area contributed by atoms with Crippen LogP contribution in [-0.4, -0.2) is 81.4 Å². The molecule has 0 aromatic rings. The standard InChI is InChI=1S/C20H34N4O7/c1-20(2,3)31-19(26)13-28-10-16-14(6-4-8-29-16)22-18(25)12-27-11-17-15(23-24-21)7-5-9-30-17/h14-17H,4-13H2,1-3H3,(H,22,25)/t14-,15-,16-,17-/m1/s1. The maximum absolute atomic E-state index is 12.3. The van der Waals surface area contributed by atoms with Gasteiger partial charge in [0.1, 0.15) is 24.9 Å². The van der Waals surface area contributed by atoms with E-state index in [4.69, 9.17) is 29.2 Å². The summed E-state index contributed by atoms with van der Waals surface area (Å²) in [4.78, 5) is 26.9. The van der Waals surface area contributed by atoms with Crippen LogP contribution in [0.4, 0.5) is 0 Å². The summed E-state index contributed by atoms with van der Waals surface area (Å²) in [6.45, 7) is 6.58. The Bertz CT molecular complexity index is 634. The van der Waals surface area contributed by atoms with Gasteiger partial charge < -0.3 is 29.0 Å². The number of carbonyl (C=O) groups is 2. The first kappa shape index (κ1) is 25.4. The molecule has 0 aromatic heterocycles. The second-order valence-corrected chi connectivity index (χ2v) is 8.67. The summed E-state index contributed by atoms with van der Waals surface area (Å²) in [6, 6.07) is -0.509. The molecule has 2 rings (SSSR count). The molecular formula is C20H34N4O7. The van der Waals surface area contributed by atoms with Crippen LogP contribution in [0.15, 0.2) is 5.11 Å². The van der Waals surface area contributed by atoms with E-state index in [1.165, 1.54) is 0 Å². The van der Waals surface area contributed by atoms with Crippen molar-refractivity contribution in [1.29, 1.82) is 0 Å². The predicted octanol–water partition coefficient (Wildman–Crippen LogP) is 1.88. The largest absolute Gasteiger partial charge is 0.458 e. The molecule has 4 atom stereocenters. The van der Waals surface area contributed by atoms with Crippen LogP contribution in [0.2, 0.25) is 0 Å². The molecule has 0 unspecified atom stereocenters. The van der Waals surface area contributed by atoms with Gasteiger partial charge in [0, 0.05) is 18.1 Å². The zero-order valence-electron chi connectivity index (χ0n) is 18.6. The Morgan fingerprint density at radius 2 is 1.71 bits per heavy atom. The number of hydrogen-bond acceptors (Lipinski definition) is 8. The lowest BCUT2D eigenvalue weighted by atomic mass is 10.0. The van der Waals surface area contributed by atoms with Gasteiger partial charge in [0.2, 0.25) is 5.91 Å². The minimum atomic E-state index is -0.568. The Morgan fingerprint density at radius 1 is 1.06 bits per heavy atom. The van der Waals surface area contributed by atoms with Crippen LogP contribution in [0.3, 0.4) is 0 Å². The highest BCUT2D eigenvalue weighted by atomic mass is 16.6. The topological polar surface area (TPSA) is 141 Å². The molecule has 1 amide bonds. The predicted molar refractivity (Wildman–Crippen MR) is 110 cm³/mol. The van der Waals surface area contributed by atoms with Crippen molar-refractivity contribution in [2.24, 2.45) is 5.11 Å². The van der Waals surface area contributed by atoms with Gasteiger partial charge in [0.25, 0.3) is 0 Å². The Balaban J connectivity index is 1.70. The molecule has 1 N–H and O–H groups in total. The summed E-state index contributed by atoms with van der Waals surface area (Å²) in [6.07, 6.45) is 2.45. The van der Waals surface area contributed by atoms with Gasteiger partial charge in [-0.15, -0.1) is 0 Å². The molecule has 2 heterocycles. The minimum absolute atomic E-state index is 0.134. The second-order valence-electron chi connectivity index (χ2n) is 8.67. The van der Waals surface area contributed by atoms with Crippen molar-refractivity contribution in [2.75, 3.05) is 39.6 Å². The van der Waals surface area contributed by atoms with Gasteiger partial charge in [-0.05, 0) is 52.0 Å². The van der Waals surface area contributed by atoms with Gasteiger partial charge in [-0.25, -0.2) is 4.79 Å². The number of nitrogens with one attached hydrogen (secondary N) is 1. The number of hydrogen-bond donors (Lipinski definition) is 1. The van der Waals surface area contributed by atoms with E-state index in [0.29, 0.717) is 13.2 Å². The van der Waals surface area contributed by atoms with Crippen molar-refractivity contribution in [3.8, 4) is 0 Å². The highest BCUT2D eigenvalue weighted by Crippen LogP contribution is 2.18. The third-order valence-electron chi connectivity index (χ3n) is 4.83. The summed E-state index contributed by atoms with van der Waals surface area (Å²) in [5.41, 5.74) is 8.08. The van der Waals surface area contributed by atoms with E-state index in [-0.39, 0.29) is 56.6 Å². The van der Waals surface area contributed by atoms with Crippen LogP contribution >= 0.6 is 0 Å². The van der Waals surface area contributed by atoms with Gasteiger partial charge in [0.15, 0.2) is 0 Å². The van der Waals surface area contributed by atoms with Gasteiger partial charge in [-0.2, -0.15) is 0 Å². The molecule has 0 aromatic carbocycles. The van der Waals surface area contributed by atoms with Crippen molar-refractivity contribution in [3.05, 3.63) is 10.4 Å². The lowest BCUT2D eigenvalue weighted by Gasteiger charge is -2.32. The Kier molecular flexibility index (Phi) is 10.5. The van der Waals surface area contributed by atoms with Crippen LogP contribution in [-0.2, 0) is 33.3 Å². The monoisotopic (exact) mass is 442 g/mol. The fourth-order valence-corrected chi connectivity index (χ4v) is 3.50. The molecule has 2 aliphatic rings. The van der Waals surface area contributed by atoms with E-state index in [1.54, 1.807) is 20.8 Å². The minimum Gasteiger partial charge on any atom is -0.458 e. The van der Waals surface area contributed by atoms with Gasteiger partial charge >= 0.3 is 5.97 Å². The van der Waals surface area contributed by atoms with E-state index in [2.05, 4.69) is 15.3 Å². The highest BCUT2D eigenvalue weighted by molar-refractivity contribution is 5.77. The fourth-order valence-electron chi connectivity index (χ4n) is 3.50. The average Bonchev–Trinajstić information content (AvgIpc) is 2.69. The number of rotatable bonds is 10. The number of esters is 1. The number of carbonyl (C=O) groups excluding carboxylic acids is 2. The highest BCUT2D eigenvalue weighted by Gasteiger charge is 2.29. The summed E-state index contributed by atoms with van der Waals surface area (Å²) in [5.74, 6) is -0.718. The van der Waals surface area contributed by atoms with Crippen molar-refractivity contribution < 1.29 is 33.3 Å². The average molecular weight is 443 g/mol. The molecule has 0 bridgehead atoms. The molecule has 2 aliphatic heterocycles. The quantitative estimate of drug-likeness (QED) is 0.236. The molecule has 11 nitrogen and oxygen atoms in total. The Morgan fingerprint density at radius 3 is 2.42 bits per heavy atom. The lowest BCUT2D eigenvalue weighted by molar-refractivity contribution is -0.162. The van der Waals surface area contributed by atoms with E-state index in [0.717, 1.165) is 25.7 Å². The lowest BCUT2D eigenvalue weighted by Crippen LogP contribution is -2.50. The fraction of sp³-hybridized carbons (Fsp3) is 0.900. The number of azide groups is 1. The first-order valence-corrected chi connectivity index (χ1v) is 10.7. The molecule has 0 radical (unpaired) electrons. The normalized spacial score (nSPS) is 26.5. The van der Waals surface area contributed by atoms with Crippen LogP contribution in [0.5, 0.6) is 0 Å². The number of nitrogens with zero attached hydrogens (tertiary/aromatic N) is 3. The zero-order chi connectivity index (χ0) is 22.7. The van der Waals surface area contributed by atoms with Gasteiger partial charge in [-0.1, -0.05) is 5.11 Å². The summed E-state index contributed by atoms with van der Waals surface area (Å²) in [7, 11) is 0. The summed E-state index contributed by atoms with van der Waals surface area (Å²) >= 11 is 0. The van der Waals surface area contributed by atoms with E-state index >= 15 is 0 Å². The molecule has 0 aliphatic carbocycles. The second kappa shape index (κ2) is 12.8.